The third-order valence-corrected chi connectivity index (χ3v) is 4.75. The summed E-state index contributed by atoms with van der Waals surface area (Å²) < 4.78 is 0. The quantitative estimate of drug-likeness (QED) is 0.493. The van der Waals surface area contributed by atoms with Gasteiger partial charge < -0.3 is 4.90 Å². The number of nitrogens with zero attached hydrogens (tertiary/aromatic N) is 3. The maximum atomic E-state index is 13.6. The first-order chi connectivity index (χ1) is 13.7. The number of hydrogen-bond donors (Lipinski definition) is 0. The summed E-state index contributed by atoms with van der Waals surface area (Å²) in [6, 6.07) is 23.3. The first-order valence-electron chi connectivity index (χ1n) is 9.37. The Balaban J connectivity index is 1.88. The van der Waals surface area contributed by atoms with Gasteiger partial charge in [0.05, 0.1) is 22.5 Å². The molecule has 0 radical (unpaired) electrons. The van der Waals surface area contributed by atoms with Crippen molar-refractivity contribution in [3.63, 3.8) is 0 Å². The van der Waals surface area contributed by atoms with Gasteiger partial charge in [0.25, 0.3) is 5.91 Å². The fourth-order valence-corrected chi connectivity index (χ4v) is 3.38. The van der Waals surface area contributed by atoms with Crippen molar-refractivity contribution >= 4 is 22.5 Å². The van der Waals surface area contributed by atoms with Crippen LogP contribution in [0.15, 0.2) is 79.0 Å². The number of para-hydroxylation sites is 1. The largest absolute Gasteiger partial charge is 0.309 e. The second kappa shape index (κ2) is 7.61. The SMILES string of the molecule is CCN(C(=O)c1cc(-c2ccccn2)nc2ccccc12)c1cccc(C)c1. The fourth-order valence-electron chi connectivity index (χ4n) is 3.38. The van der Waals surface area contributed by atoms with Gasteiger partial charge in [0, 0.05) is 23.8 Å². The third-order valence-electron chi connectivity index (χ3n) is 4.75. The molecule has 0 aliphatic rings. The molecule has 0 saturated heterocycles. The van der Waals surface area contributed by atoms with E-state index in [4.69, 9.17) is 4.98 Å². The average molecular weight is 367 g/mol. The highest BCUT2D eigenvalue weighted by molar-refractivity contribution is 6.14. The Kier molecular flexibility index (Phi) is 4.85. The molecule has 0 N–H and O–H groups in total. The van der Waals surface area contributed by atoms with Crippen LogP contribution in [0, 0.1) is 6.92 Å². The van der Waals surface area contributed by atoms with Crippen LogP contribution in [-0.4, -0.2) is 22.4 Å². The first-order valence-corrected chi connectivity index (χ1v) is 9.37. The summed E-state index contributed by atoms with van der Waals surface area (Å²) in [5, 5.41) is 0.846. The highest BCUT2D eigenvalue weighted by Crippen LogP contribution is 2.27. The molecule has 1 amide bonds. The molecule has 138 valence electrons. The van der Waals surface area contributed by atoms with Crippen LogP contribution in [0.2, 0.25) is 0 Å². The molecule has 4 rings (SSSR count). The maximum Gasteiger partial charge on any atom is 0.259 e. The van der Waals surface area contributed by atoms with E-state index in [1.165, 1.54) is 0 Å². The third kappa shape index (κ3) is 3.37. The lowest BCUT2D eigenvalue weighted by Crippen LogP contribution is -2.31. The molecule has 0 aliphatic carbocycles. The molecule has 0 unspecified atom stereocenters. The van der Waals surface area contributed by atoms with E-state index in [2.05, 4.69) is 4.98 Å². The predicted molar refractivity (Wildman–Crippen MR) is 114 cm³/mol. The number of fused-ring (bicyclic) bond motifs is 1. The summed E-state index contributed by atoms with van der Waals surface area (Å²) in [7, 11) is 0. The molecule has 4 nitrogen and oxygen atoms in total. The summed E-state index contributed by atoms with van der Waals surface area (Å²) >= 11 is 0. The Morgan fingerprint density at radius 1 is 0.929 bits per heavy atom. The van der Waals surface area contributed by atoms with Gasteiger partial charge in [0.15, 0.2) is 0 Å². The Morgan fingerprint density at radius 2 is 1.75 bits per heavy atom. The normalized spacial score (nSPS) is 10.8. The Labute approximate surface area is 164 Å². The molecular formula is C24H21N3O. The first kappa shape index (κ1) is 17.9. The van der Waals surface area contributed by atoms with Crippen molar-refractivity contribution in [3.05, 3.63) is 90.1 Å². The van der Waals surface area contributed by atoms with Crippen LogP contribution < -0.4 is 4.90 Å². The van der Waals surface area contributed by atoms with Gasteiger partial charge in [-0.25, -0.2) is 4.98 Å². The minimum absolute atomic E-state index is 0.0381. The minimum Gasteiger partial charge on any atom is -0.309 e. The van der Waals surface area contributed by atoms with Gasteiger partial charge in [-0.15, -0.1) is 0 Å². The van der Waals surface area contributed by atoms with Gasteiger partial charge in [-0.05, 0) is 55.8 Å². The Morgan fingerprint density at radius 3 is 2.50 bits per heavy atom. The summed E-state index contributed by atoms with van der Waals surface area (Å²) in [6.07, 6.45) is 1.73. The fraction of sp³-hybridized carbons (Fsp3) is 0.125. The van der Waals surface area contributed by atoms with E-state index in [0.29, 0.717) is 17.8 Å². The van der Waals surface area contributed by atoms with Crippen LogP contribution in [0.5, 0.6) is 0 Å². The zero-order chi connectivity index (χ0) is 19.5. The number of benzene rings is 2. The number of rotatable bonds is 4. The standard InChI is InChI=1S/C24H21N3O/c1-3-27(18-10-8-9-17(2)15-18)24(28)20-16-23(22-13-6-7-14-25-22)26-21-12-5-4-11-19(20)21/h4-16H,3H2,1-2H3. The van der Waals surface area contributed by atoms with Crippen LogP contribution in [0.4, 0.5) is 5.69 Å². The van der Waals surface area contributed by atoms with E-state index in [-0.39, 0.29) is 5.91 Å². The van der Waals surface area contributed by atoms with Crippen molar-refractivity contribution < 1.29 is 4.79 Å². The van der Waals surface area contributed by atoms with Gasteiger partial charge >= 0.3 is 0 Å². The van der Waals surface area contributed by atoms with Gasteiger partial charge in [0.1, 0.15) is 0 Å². The van der Waals surface area contributed by atoms with E-state index < -0.39 is 0 Å². The van der Waals surface area contributed by atoms with E-state index in [1.54, 1.807) is 11.1 Å². The molecule has 0 fully saturated rings. The van der Waals surface area contributed by atoms with Crippen molar-refractivity contribution in [2.45, 2.75) is 13.8 Å². The predicted octanol–water partition coefficient (Wildman–Crippen LogP) is 5.27. The molecule has 4 heteroatoms. The van der Waals surface area contributed by atoms with Crippen LogP contribution in [-0.2, 0) is 0 Å². The summed E-state index contributed by atoms with van der Waals surface area (Å²) in [5.41, 5.74) is 4.89. The number of pyridine rings is 2. The van der Waals surface area contributed by atoms with E-state index in [0.717, 1.165) is 27.8 Å². The van der Waals surface area contributed by atoms with E-state index in [1.807, 2.05) is 86.6 Å². The molecule has 0 atom stereocenters. The number of carbonyl (C=O) groups is 1. The number of amides is 1. The second-order valence-corrected chi connectivity index (χ2v) is 6.68. The van der Waals surface area contributed by atoms with Crippen molar-refractivity contribution in [3.8, 4) is 11.4 Å². The molecule has 0 aliphatic heterocycles. The molecule has 0 saturated carbocycles. The number of hydrogen-bond acceptors (Lipinski definition) is 3. The van der Waals surface area contributed by atoms with Gasteiger partial charge in [-0.1, -0.05) is 36.4 Å². The van der Waals surface area contributed by atoms with Crippen molar-refractivity contribution in [2.24, 2.45) is 0 Å². The highest BCUT2D eigenvalue weighted by Gasteiger charge is 2.20. The molecule has 2 heterocycles. The number of anilines is 1. The average Bonchev–Trinajstić information content (AvgIpc) is 2.74. The molecule has 2 aromatic heterocycles. The molecule has 28 heavy (non-hydrogen) atoms. The summed E-state index contributed by atoms with van der Waals surface area (Å²) in [5.74, 6) is -0.0381. The number of aromatic nitrogens is 2. The Bertz CT molecular complexity index is 1140. The molecule has 4 aromatic rings. The highest BCUT2D eigenvalue weighted by atomic mass is 16.2. The smallest absolute Gasteiger partial charge is 0.259 e. The number of carbonyl (C=O) groups excluding carboxylic acids is 1. The van der Waals surface area contributed by atoms with E-state index >= 15 is 0 Å². The number of aryl methyl sites for hydroxylation is 1. The second-order valence-electron chi connectivity index (χ2n) is 6.68. The lowest BCUT2D eigenvalue weighted by Gasteiger charge is -2.22. The Hall–Kier alpha value is -3.53. The van der Waals surface area contributed by atoms with Crippen molar-refractivity contribution in [1.29, 1.82) is 0 Å². The van der Waals surface area contributed by atoms with Crippen LogP contribution in [0.3, 0.4) is 0 Å². The van der Waals surface area contributed by atoms with Gasteiger partial charge in [0.2, 0.25) is 0 Å². The molecular weight excluding hydrogens is 346 g/mol. The van der Waals surface area contributed by atoms with Gasteiger partial charge in [-0.3, -0.25) is 9.78 Å². The zero-order valence-electron chi connectivity index (χ0n) is 16.0. The van der Waals surface area contributed by atoms with E-state index in [9.17, 15) is 4.79 Å². The van der Waals surface area contributed by atoms with Crippen molar-refractivity contribution in [2.75, 3.05) is 11.4 Å². The molecule has 0 spiro atoms. The molecule has 0 bridgehead atoms. The summed E-state index contributed by atoms with van der Waals surface area (Å²) in [6.45, 7) is 4.60. The topological polar surface area (TPSA) is 46.1 Å². The van der Waals surface area contributed by atoms with Crippen LogP contribution >= 0.6 is 0 Å². The minimum atomic E-state index is -0.0381. The van der Waals surface area contributed by atoms with Gasteiger partial charge in [-0.2, -0.15) is 0 Å². The zero-order valence-corrected chi connectivity index (χ0v) is 16.0. The van der Waals surface area contributed by atoms with Crippen LogP contribution in [0.1, 0.15) is 22.8 Å². The lowest BCUT2D eigenvalue weighted by molar-refractivity contribution is 0.0990. The summed E-state index contributed by atoms with van der Waals surface area (Å²) in [4.78, 5) is 24.5. The van der Waals surface area contributed by atoms with Crippen molar-refractivity contribution in [1.82, 2.24) is 9.97 Å². The maximum absolute atomic E-state index is 13.6. The monoisotopic (exact) mass is 367 g/mol. The van der Waals surface area contributed by atoms with Crippen LogP contribution in [0.25, 0.3) is 22.3 Å². The molecule has 2 aromatic carbocycles. The lowest BCUT2D eigenvalue weighted by atomic mass is 10.0.